The molecule has 31 heavy (non-hydrogen) atoms. The van der Waals surface area contributed by atoms with Gasteiger partial charge >= 0.3 is 5.97 Å². The van der Waals surface area contributed by atoms with Gasteiger partial charge in [-0.15, -0.1) is 0 Å². The predicted molar refractivity (Wildman–Crippen MR) is 121 cm³/mol. The zero-order chi connectivity index (χ0) is 22.7. The van der Waals surface area contributed by atoms with Crippen molar-refractivity contribution >= 4 is 5.97 Å². The summed E-state index contributed by atoms with van der Waals surface area (Å²) in [6, 6.07) is 7.66. The molecule has 0 saturated carbocycles. The van der Waals surface area contributed by atoms with Gasteiger partial charge in [0.2, 0.25) is 0 Å². The van der Waals surface area contributed by atoms with Crippen LogP contribution in [0.2, 0.25) is 0 Å². The van der Waals surface area contributed by atoms with Crippen LogP contribution in [0.25, 0.3) is 0 Å². The molecular weight excluding hydrogens is 392 g/mol. The van der Waals surface area contributed by atoms with E-state index in [1.54, 1.807) is 12.1 Å². The lowest BCUT2D eigenvalue weighted by Gasteiger charge is -2.24. The molecule has 5 nitrogen and oxygen atoms in total. The van der Waals surface area contributed by atoms with Crippen molar-refractivity contribution in [3.63, 3.8) is 0 Å². The first-order valence-electron chi connectivity index (χ1n) is 11.1. The van der Waals surface area contributed by atoms with Crippen LogP contribution in [-0.2, 0) is 17.8 Å². The summed E-state index contributed by atoms with van der Waals surface area (Å²) in [4.78, 5) is 13.0. The van der Waals surface area contributed by atoms with Crippen LogP contribution in [0.15, 0.2) is 24.3 Å². The Morgan fingerprint density at radius 2 is 1.87 bits per heavy atom. The molecule has 5 heteroatoms. The van der Waals surface area contributed by atoms with Crippen LogP contribution in [0.5, 0.6) is 17.2 Å². The van der Waals surface area contributed by atoms with Crippen LogP contribution in [0, 0.1) is 18.8 Å². The lowest BCUT2D eigenvalue weighted by Crippen LogP contribution is -2.15. The van der Waals surface area contributed by atoms with E-state index in [1.807, 2.05) is 26.8 Å². The Balaban J connectivity index is 2.10. The third-order valence-electron chi connectivity index (χ3n) is 5.56. The maximum Gasteiger partial charge on any atom is 0.346 e. The number of rotatable bonds is 7. The Kier molecular flexibility index (Phi) is 7.26. The zero-order valence-corrected chi connectivity index (χ0v) is 19.5. The molecule has 0 aliphatic carbocycles. The van der Waals surface area contributed by atoms with Crippen LogP contribution in [0.3, 0.4) is 0 Å². The van der Waals surface area contributed by atoms with E-state index in [1.165, 1.54) is 7.11 Å². The van der Waals surface area contributed by atoms with Crippen LogP contribution < -0.4 is 9.47 Å². The fraction of sp³-hybridized carbons (Fsp3) is 0.500. The first-order chi connectivity index (χ1) is 14.7. The minimum Gasteiger partial charge on any atom is -0.495 e. The number of methoxy groups -OCH3 is 1. The van der Waals surface area contributed by atoms with Gasteiger partial charge in [0.05, 0.1) is 13.2 Å². The summed E-state index contributed by atoms with van der Waals surface area (Å²) in [5, 5.41) is 10.7. The van der Waals surface area contributed by atoms with E-state index in [2.05, 4.69) is 19.9 Å². The van der Waals surface area contributed by atoms with Gasteiger partial charge in [-0.05, 0) is 61.8 Å². The average Bonchev–Trinajstić information content (AvgIpc) is 2.69. The molecule has 1 atom stereocenters. The van der Waals surface area contributed by atoms with E-state index >= 15 is 0 Å². The highest BCUT2D eigenvalue weighted by Gasteiger charge is 2.29. The number of carbonyl (C=O) groups is 1. The second-order valence-electron chi connectivity index (χ2n) is 9.23. The maximum absolute atomic E-state index is 13.0. The second-order valence-corrected chi connectivity index (χ2v) is 9.23. The first kappa shape index (κ1) is 23.1. The third kappa shape index (κ3) is 5.21. The highest BCUT2D eigenvalue weighted by Crippen LogP contribution is 2.43. The van der Waals surface area contributed by atoms with Crippen molar-refractivity contribution in [1.82, 2.24) is 0 Å². The van der Waals surface area contributed by atoms with Crippen molar-refractivity contribution in [3.05, 3.63) is 52.1 Å². The van der Waals surface area contributed by atoms with Gasteiger partial charge in [0.15, 0.2) is 0 Å². The highest BCUT2D eigenvalue weighted by molar-refractivity contribution is 5.96. The molecule has 1 unspecified atom stereocenters. The summed E-state index contributed by atoms with van der Waals surface area (Å²) >= 11 is 0. The summed E-state index contributed by atoms with van der Waals surface area (Å²) in [6.45, 7) is 10.7. The molecule has 1 heterocycles. The molecule has 0 spiro atoms. The number of fused-ring (bicyclic) bond motifs is 2. The van der Waals surface area contributed by atoms with Crippen LogP contribution in [0.1, 0.15) is 79.3 Å². The first-order valence-corrected chi connectivity index (χ1v) is 11.1. The van der Waals surface area contributed by atoms with Crippen LogP contribution in [0.4, 0.5) is 0 Å². The Bertz CT molecular complexity index is 945. The Hall–Kier alpha value is -2.53. The molecule has 2 aromatic carbocycles. The third-order valence-corrected chi connectivity index (χ3v) is 5.56. The number of benzene rings is 2. The lowest BCUT2D eigenvalue weighted by atomic mass is 9.95. The topological polar surface area (TPSA) is 65.0 Å². The molecular formula is C26H34O5. The summed E-state index contributed by atoms with van der Waals surface area (Å²) in [6.07, 6.45) is 1.74. The standard InChI is InChI=1S/C26H34O5/c1-15(2)7-8-18-12-17(5)13-19-14-30-26(28)23-22(31-24(18)19)10-9-20(25(23)29-6)21(27)11-16(3)4/h9-10,12-13,15-16,21,27H,7-8,11,14H2,1-6H3. The normalized spacial score (nSPS) is 14.3. The van der Waals surface area contributed by atoms with Crippen LogP contribution >= 0.6 is 0 Å². The van der Waals surface area contributed by atoms with Crippen molar-refractivity contribution < 1.29 is 24.1 Å². The molecule has 0 aromatic heterocycles. The Morgan fingerprint density at radius 1 is 1.13 bits per heavy atom. The van der Waals surface area contributed by atoms with Gasteiger partial charge in [-0.2, -0.15) is 0 Å². The predicted octanol–water partition coefficient (Wildman–Crippen LogP) is 6.13. The van der Waals surface area contributed by atoms with Gasteiger partial charge in [-0.1, -0.05) is 39.3 Å². The van der Waals surface area contributed by atoms with E-state index in [0.29, 0.717) is 35.3 Å². The fourth-order valence-corrected chi connectivity index (χ4v) is 4.04. The fourth-order valence-electron chi connectivity index (χ4n) is 4.04. The molecule has 0 bridgehead atoms. The summed E-state index contributed by atoms with van der Waals surface area (Å²) in [5.74, 6) is 1.80. The van der Waals surface area contributed by atoms with E-state index in [0.717, 1.165) is 35.3 Å². The molecule has 1 aliphatic heterocycles. The number of hydrogen-bond donors (Lipinski definition) is 1. The number of aryl methyl sites for hydroxylation is 2. The van der Waals surface area contributed by atoms with Gasteiger partial charge < -0.3 is 19.3 Å². The minimum absolute atomic E-state index is 0.131. The summed E-state index contributed by atoms with van der Waals surface area (Å²) in [5.41, 5.74) is 3.88. The lowest BCUT2D eigenvalue weighted by molar-refractivity contribution is 0.0454. The molecule has 0 saturated heterocycles. The van der Waals surface area contributed by atoms with Crippen molar-refractivity contribution in [3.8, 4) is 17.2 Å². The largest absolute Gasteiger partial charge is 0.495 e. The smallest absolute Gasteiger partial charge is 0.346 e. The molecule has 1 N–H and O–H groups in total. The molecule has 0 amide bonds. The average molecular weight is 427 g/mol. The number of esters is 1. The van der Waals surface area contributed by atoms with Gasteiger partial charge in [0, 0.05) is 11.1 Å². The number of ether oxygens (including phenoxy) is 3. The van der Waals surface area contributed by atoms with E-state index in [4.69, 9.17) is 14.2 Å². The SMILES string of the molecule is COc1c(C(O)CC(C)C)ccc2c1C(=O)OCc1cc(C)cc(CCC(C)C)c1O2. The monoisotopic (exact) mass is 426 g/mol. The van der Waals surface area contributed by atoms with Gasteiger partial charge in [0.25, 0.3) is 0 Å². The quantitative estimate of drug-likeness (QED) is 0.539. The van der Waals surface area contributed by atoms with Crippen molar-refractivity contribution in [2.75, 3.05) is 7.11 Å². The number of aliphatic hydroxyl groups excluding tert-OH is 1. The molecule has 1 aliphatic rings. The van der Waals surface area contributed by atoms with Crippen molar-refractivity contribution in [2.24, 2.45) is 11.8 Å². The van der Waals surface area contributed by atoms with E-state index < -0.39 is 12.1 Å². The Morgan fingerprint density at radius 3 is 2.52 bits per heavy atom. The summed E-state index contributed by atoms with van der Waals surface area (Å²) < 4.78 is 17.6. The van der Waals surface area contributed by atoms with Crippen molar-refractivity contribution in [2.45, 2.75) is 66.6 Å². The zero-order valence-electron chi connectivity index (χ0n) is 19.5. The Labute approximate surface area is 185 Å². The summed E-state index contributed by atoms with van der Waals surface area (Å²) in [7, 11) is 1.50. The number of hydrogen-bond acceptors (Lipinski definition) is 5. The molecule has 0 radical (unpaired) electrons. The number of carbonyl (C=O) groups excluding carboxylic acids is 1. The van der Waals surface area contributed by atoms with Gasteiger partial charge in [0.1, 0.15) is 29.4 Å². The number of cyclic esters (lactones) is 1. The second kappa shape index (κ2) is 9.73. The highest BCUT2D eigenvalue weighted by atomic mass is 16.5. The van der Waals surface area contributed by atoms with Gasteiger partial charge in [-0.3, -0.25) is 0 Å². The van der Waals surface area contributed by atoms with Gasteiger partial charge in [-0.25, -0.2) is 4.79 Å². The molecule has 0 fully saturated rings. The molecule has 168 valence electrons. The van der Waals surface area contributed by atoms with Crippen LogP contribution in [-0.4, -0.2) is 18.2 Å². The van der Waals surface area contributed by atoms with E-state index in [-0.39, 0.29) is 12.2 Å². The van der Waals surface area contributed by atoms with E-state index in [9.17, 15) is 9.90 Å². The maximum atomic E-state index is 13.0. The number of aliphatic hydroxyl groups is 1. The minimum atomic E-state index is -0.741. The molecule has 2 aromatic rings. The van der Waals surface area contributed by atoms with Crippen molar-refractivity contribution in [1.29, 1.82) is 0 Å². The molecule has 3 rings (SSSR count).